The second kappa shape index (κ2) is 11.0. The number of rotatable bonds is 8. The average molecular weight is 342 g/mol. The highest BCUT2D eigenvalue weighted by Crippen LogP contribution is 2.11. The number of nitrogens with one attached hydrogen (secondary N) is 2. The number of carbonyl (C=O) groups excluding carboxylic acids is 2. The first-order chi connectivity index (χ1) is 10.5. The van der Waals surface area contributed by atoms with Crippen LogP contribution in [0.3, 0.4) is 0 Å². The Kier molecular flexibility index (Phi) is 10.3. The molecule has 0 radical (unpaired) electrons. The summed E-state index contributed by atoms with van der Waals surface area (Å²) in [6.07, 6.45) is 3.01. The molecule has 6 heteroatoms. The molecule has 2 amide bonds. The van der Waals surface area contributed by atoms with E-state index in [4.69, 9.17) is 5.73 Å². The third-order valence-corrected chi connectivity index (χ3v) is 3.46. The van der Waals surface area contributed by atoms with Crippen LogP contribution in [0.1, 0.15) is 50.4 Å². The molecule has 5 nitrogen and oxygen atoms in total. The molecule has 1 atom stereocenters. The molecule has 23 heavy (non-hydrogen) atoms. The van der Waals surface area contributed by atoms with Crippen molar-refractivity contribution >= 4 is 29.9 Å². The maximum Gasteiger partial charge on any atom is 0.251 e. The highest BCUT2D eigenvalue weighted by atomic mass is 35.5. The first-order valence-electron chi connectivity index (χ1n) is 7.89. The standard InChI is InChI=1S/C17H27N3O2.ClH/c1-4-5-6-15(11-18)20-17(22)13-7-9-14(10-8-13)19-16(21)12(2)3;/h7-10,12,15H,4-6,11,18H2,1-3H3,(H,19,21)(H,20,22);1H. The maximum atomic E-state index is 12.2. The van der Waals surface area contributed by atoms with Crippen molar-refractivity contribution in [3.63, 3.8) is 0 Å². The van der Waals surface area contributed by atoms with Crippen molar-refractivity contribution < 1.29 is 9.59 Å². The lowest BCUT2D eigenvalue weighted by atomic mass is 10.1. The minimum absolute atomic E-state index is 0. The zero-order chi connectivity index (χ0) is 16.5. The van der Waals surface area contributed by atoms with Crippen LogP contribution in [0.2, 0.25) is 0 Å². The van der Waals surface area contributed by atoms with Gasteiger partial charge >= 0.3 is 0 Å². The average Bonchev–Trinajstić information content (AvgIpc) is 2.51. The topological polar surface area (TPSA) is 84.2 Å². The van der Waals surface area contributed by atoms with Gasteiger partial charge in [-0.3, -0.25) is 9.59 Å². The van der Waals surface area contributed by atoms with Crippen molar-refractivity contribution in [2.45, 2.75) is 46.1 Å². The highest BCUT2D eigenvalue weighted by Gasteiger charge is 2.12. The quantitative estimate of drug-likeness (QED) is 0.679. The number of benzene rings is 1. The number of carbonyl (C=O) groups is 2. The van der Waals surface area contributed by atoms with Crippen molar-refractivity contribution in [2.75, 3.05) is 11.9 Å². The zero-order valence-corrected chi connectivity index (χ0v) is 14.9. The molecule has 0 spiro atoms. The molecule has 1 rings (SSSR count). The van der Waals surface area contributed by atoms with Crippen LogP contribution in [-0.2, 0) is 4.79 Å². The van der Waals surface area contributed by atoms with Gasteiger partial charge < -0.3 is 16.4 Å². The zero-order valence-electron chi connectivity index (χ0n) is 14.1. The van der Waals surface area contributed by atoms with Crippen molar-refractivity contribution in [2.24, 2.45) is 11.7 Å². The van der Waals surface area contributed by atoms with Gasteiger partial charge in [-0.15, -0.1) is 12.4 Å². The number of anilines is 1. The minimum Gasteiger partial charge on any atom is -0.348 e. The molecule has 1 aromatic rings. The summed E-state index contributed by atoms with van der Waals surface area (Å²) >= 11 is 0. The monoisotopic (exact) mass is 341 g/mol. The molecule has 0 aliphatic heterocycles. The van der Waals surface area contributed by atoms with Gasteiger partial charge in [0.1, 0.15) is 0 Å². The van der Waals surface area contributed by atoms with Crippen LogP contribution >= 0.6 is 12.4 Å². The number of amides is 2. The summed E-state index contributed by atoms with van der Waals surface area (Å²) in [7, 11) is 0. The summed E-state index contributed by atoms with van der Waals surface area (Å²) in [5.74, 6) is -0.250. The number of unbranched alkanes of at least 4 members (excludes halogenated alkanes) is 1. The second-order valence-electron chi connectivity index (χ2n) is 5.77. The van der Waals surface area contributed by atoms with Crippen LogP contribution in [0.4, 0.5) is 5.69 Å². The van der Waals surface area contributed by atoms with Gasteiger partial charge in [-0.1, -0.05) is 33.6 Å². The smallest absolute Gasteiger partial charge is 0.251 e. The number of hydrogen-bond acceptors (Lipinski definition) is 3. The van der Waals surface area contributed by atoms with E-state index in [1.807, 2.05) is 13.8 Å². The van der Waals surface area contributed by atoms with Gasteiger partial charge in [0, 0.05) is 29.8 Å². The second-order valence-corrected chi connectivity index (χ2v) is 5.77. The molecule has 4 N–H and O–H groups in total. The maximum absolute atomic E-state index is 12.2. The van der Waals surface area contributed by atoms with E-state index in [2.05, 4.69) is 17.6 Å². The van der Waals surface area contributed by atoms with E-state index in [1.54, 1.807) is 24.3 Å². The third kappa shape index (κ3) is 7.48. The SMILES string of the molecule is CCCCC(CN)NC(=O)c1ccc(NC(=O)C(C)C)cc1.Cl. The molecule has 1 unspecified atom stereocenters. The van der Waals surface area contributed by atoms with Gasteiger partial charge in [-0.25, -0.2) is 0 Å². The summed E-state index contributed by atoms with van der Waals surface area (Å²) in [5, 5.41) is 5.74. The molecule has 0 saturated heterocycles. The third-order valence-electron chi connectivity index (χ3n) is 3.46. The molecule has 0 saturated carbocycles. The normalized spacial score (nSPS) is 11.5. The number of nitrogens with two attached hydrogens (primary N) is 1. The first-order valence-corrected chi connectivity index (χ1v) is 7.89. The van der Waals surface area contributed by atoms with Crippen molar-refractivity contribution in [3.8, 4) is 0 Å². The van der Waals surface area contributed by atoms with Gasteiger partial charge in [0.15, 0.2) is 0 Å². The van der Waals surface area contributed by atoms with Crippen molar-refractivity contribution in [1.82, 2.24) is 5.32 Å². The molecule has 130 valence electrons. The summed E-state index contributed by atoms with van der Waals surface area (Å²) < 4.78 is 0. The molecule has 0 aromatic heterocycles. The summed E-state index contributed by atoms with van der Waals surface area (Å²) in [5.41, 5.74) is 6.94. The summed E-state index contributed by atoms with van der Waals surface area (Å²) in [6, 6.07) is 6.89. The van der Waals surface area contributed by atoms with Gasteiger partial charge in [-0.05, 0) is 30.7 Å². The number of halogens is 1. The van der Waals surface area contributed by atoms with Crippen LogP contribution in [0.25, 0.3) is 0 Å². The van der Waals surface area contributed by atoms with Crippen LogP contribution in [0.5, 0.6) is 0 Å². The van der Waals surface area contributed by atoms with Crippen LogP contribution in [0, 0.1) is 5.92 Å². The Bertz CT molecular complexity index is 489. The highest BCUT2D eigenvalue weighted by molar-refractivity contribution is 5.96. The Morgan fingerprint density at radius 2 is 1.78 bits per heavy atom. The fourth-order valence-corrected chi connectivity index (χ4v) is 1.96. The predicted molar refractivity (Wildman–Crippen MR) is 97.0 cm³/mol. The van der Waals surface area contributed by atoms with Crippen LogP contribution < -0.4 is 16.4 Å². The lowest BCUT2D eigenvalue weighted by Gasteiger charge is -2.16. The van der Waals surface area contributed by atoms with Gasteiger partial charge in [0.25, 0.3) is 5.91 Å². The summed E-state index contributed by atoms with van der Waals surface area (Å²) in [4.78, 5) is 23.8. The van der Waals surface area contributed by atoms with Gasteiger partial charge in [-0.2, -0.15) is 0 Å². The van der Waals surface area contributed by atoms with E-state index in [9.17, 15) is 9.59 Å². The molecule has 0 aliphatic carbocycles. The lowest BCUT2D eigenvalue weighted by Crippen LogP contribution is -2.40. The number of hydrogen-bond donors (Lipinski definition) is 3. The van der Waals surface area contributed by atoms with E-state index in [-0.39, 0.29) is 36.2 Å². The molecule has 0 fully saturated rings. The Balaban J connectivity index is 0.00000484. The Morgan fingerprint density at radius 3 is 2.26 bits per heavy atom. The molecular formula is C17H28ClN3O2. The molecule has 0 heterocycles. The Morgan fingerprint density at radius 1 is 1.17 bits per heavy atom. The van der Waals surface area contributed by atoms with E-state index in [1.165, 1.54) is 0 Å². The fourth-order valence-electron chi connectivity index (χ4n) is 1.96. The minimum atomic E-state index is -0.131. The first kappa shape index (κ1) is 21.4. The molecule has 1 aromatic carbocycles. The van der Waals surface area contributed by atoms with Gasteiger partial charge in [0.2, 0.25) is 5.91 Å². The molecule has 0 bridgehead atoms. The molecule has 0 aliphatic rings. The van der Waals surface area contributed by atoms with E-state index in [0.717, 1.165) is 19.3 Å². The van der Waals surface area contributed by atoms with Crippen molar-refractivity contribution in [1.29, 1.82) is 0 Å². The van der Waals surface area contributed by atoms with Crippen molar-refractivity contribution in [3.05, 3.63) is 29.8 Å². The van der Waals surface area contributed by atoms with Crippen LogP contribution in [-0.4, -0.2) is 24.4 Å². The summed E-state index contributed by atoms with van der Waals surface area (Å²) in [6.45, 7) is 6.22. The van der Waals surface area contributed by atoms with E-state index >= 15 is 0 Å². The van der Waals surface area contributed by atoms with E-state index in [0.29, 0.717) is 17.8 Å². The predicted octanol–water partition coefficient (Wildman–Crippen LogP) is 2.95. The fraction of sp³-hybridized carbons (Fsp3) is 0.529. The Labute approximate surface area is 144 Å². The lowest BCUT2D eigenvalue weighted by molar-refractivity contribution is -0.118. The van der Waals surface area contributed by atoms with E-state index < -0.39 is 0 Å². The largest absolute Gasteiger partial charge is 0.348 e. The van der Waals surface area contributed by atoms with Crippen LogP contribution in [0.15, 0.2) is 24.3 Å². The molecular weight excluding hydrogens is 314 g/mol. The van der Waals surface area contributed by atoms with Gasteiger partial charge in [0.05, 0.1) is 0 Å². The Hall–Kier alpha value is -1.59.